The van der Waals surface area contributed by atoms with Gasteiger partial charge in [0.25, 0.3) is 5.69 Å². The number of carbonyl (C=O) groups is 1. The molecule has 0 spiro atoms. The summed E-state index contributed by atoms with van der Waals surface area (Å²) < 4.78 is 49.3. The van der Waals surface area contributed by atoms with E-state index in [4.69, 9.17) is 9.15 Å². The Balaban J connectivity index is 1.59. The molecule has 0 unspecified atom stereocenters. The van der Waals surface area contributed by atoms with Crippen molar-refractivity contribution in [2.24, 2.45) is 4.99 Å². The number of hydrogen-bond acceptors (Lipinski definition) is 6. The summed E-state index contributed by atoms with van der Waals surface area (Å²) >= 11 is 0. The summed E-state index contributed by atoms with van der Waals surface area (Å²) in [5, 5.41) is 10.7. The van der Waals surface area contributed by atoms with Gasteiger partial charge in [-0.15, -0.1) is 0 Å². The highest BCUT2D eigenvalue weighted by Gasteiger charge is 2.30. The van der Waals surface area contributed by atoms with Crippen molar-refractivity contribution in [3.63, 3.8) is 0 Å². The molecule has 0 aliphatic carbocycles. The Morgan fingerprint density at radius 3 is 2.42 bits per heavy atom. The first-order valence-electron chi connectivity index (χ1n) is 8.75. The number of benzene rings is 2. The van der Waals surface area contributed by atoms with Gasteiger partial charge < -0.3 is 9.15 Å². The highest BCUT2D eigenvalue weighted by atomic mass is 19.4. The number of furan rings is 1. The molecule has 3 aromatic rings. The Morgan fingerprint density at radius 2 is 1.74 bits per heavy atom. The lowest BCUT2D eigenvalue weighted by Gasteiger charge is -2.07. The fourth-order valence-corrected chi connectivity index (χ4v) is 2.83. The van der Waals surface area contributed by atoms with Gasteiger partial charge >= 0.3 is 12.1 Å². The largest absolute Gasteiger partial charge is 0.457 e. The predicted octanol–water partition coefficient (Wildman–Crippen LogP) is 5.22. The van der Waals surface area contributed by atoms with Crippen LogP contribution in [0, 0.1) is 10.1 Å². The maximum Gasteiger partial charge on any atom is 0.416 e. The second-order valence-electron chi connectivity index (χ2n) is 6.42. The number of halogens is 3. The quantitative estimate of drug-likeness (QED) is 0.246. The summed E-state index contributed by atoms with van der Waals surface area (Å²) in [6, 6.07) is 12.9. The van der Waals surface area contributed by atoms with E-state index in [2.05, 4.69) is 4.99 Å². The summed E-state index contributed by atoms with van der Waals surface area (Å²) in [6.45, 7) is 0. The van der Waals surface area contributed by atoms with Gasteiger partial charge in [-0.3, -0.25) is 10.1 Å². The summed E-state index contributed by atoms with van der Waals surface area (Å²) in [6.07, 6.45) is -3.19. The fraction of sp³-hybridized carbons (Fsp3) is 0.0476. The average Bonchev–Trinajstić information content (AvgIpc) is 3.35. The minimum absolute atomic E-state index is 0.0317. The van der Waals surface area contributed by atoms with E-state index < -0.39 is 22.6 Å². The van der Waals surface area contributed by atoms with Gasteiger partial charge in [-0.25, -0.2) is 9.79 Å². The molecule has 156 valence electrons. The van der Waals surface area contributed by atoms with Crippen molar-refractivity contribution >= 4 is 23.6 Å². The lowest BCUT2D eigenvalue weighted by atomic mass is 10.1. The summed E-state index contributed by atoms with van der Waals surface area (Å²) in [5.74, 6) is -0.418. The number of carbonyl (C=O) groups excluding carboxylic acids is 1. The van der Waals surface area contributed by atoms with Gasteiger partial charge in [-0.2, -0.15) is 13.2 Å². The number of cyclic esters (lactones) is 1. The molecule has 0 fully saturated rings. The lowest BCUT2D eigenvalue weighted by molar-refractivity contribution is -0.384. The summed E-state index contributed by atoms with van der Waals surface area (Å²) in [5.41, 5.74) is -0.423. The number of ether oxygens (including phenoxy) is 1. The number of nitro benzene ring substituents is 1. The van der Waals surface area contributed by atoms with Crippen LogP contribution in [0.5, 0.6) is 0 Å². The Bertz CT molecular complexity index is 1240. The van der Waals surface area contributed by atoms with Crippen LogP contribution in [0.15, 0.2) is 75.8 Å². The van der Waals surface area contributed by atoms with Gasteiger partial charge in [0.2, 0.25) is 5.90 Å². The van der Waals surface area contributed by atoms with Crippen molar-refractivity contribution in [1.82, 2.24) is 0 Å². The second kappa shape index (κ2) is 7.56. The van der Waals surface area contributed by atoms with E-state index in [1.54, 1.807) is 0 Å². The highest BCUT2D eigenvalue weighted by molar-refractivity contribution is 6.12. The zero-order chi connectivity index (χ0) is 22.2. The van der Waals surface area contributed by atoms with E-state index in [1.807, 2.05) is 0 Å². The molecule has 1 aromatic heterocycles. The normalized spacial score (nSPS) is 15.1. The first kappa shape index (κ1) is 20.1. The van der Waals surface area contributed by atoms with E-state index in [0.717, 1.165) is 12.1 Å². The standard InChI is InChI=1S/C21H11F3N2O5/c22-21(23,24)14-3-1-2-13(10-14)18-9-8-16(30-18)11-17-20(27)31-19(25-17)12-4-6-15(7-5-12)26(28)29/h1-11H/b17-11-. The molecule has 31 heavy (non-hydrogen) atoms. The van der Waals surface area contributed by atoms with Crippen LogP contribution in [-0.4, -0.2) is 16.8 Å². The van der Waals surface area contributed by atoms with Crippen LogP contribution < -0.4 is 0 Å². The highest BCUT2D eigenvalue weighted by Crippen LogP contribution is 2.33. The fourth-order valence-electron chi connectivity index (χ4n) is 2.83. The van der Waals surface area contributed by atoms with E-state index in [1.165, 1.54) is 54.6 Å². The molecule has 2 heterocycles. The molecule has 0 saturated carbocycles. The van der Waals surface area contributed by atoms with E-state index in [-0.39, 0.29) is 34.4 Å². The molecule has 0 radical (unpaired) electrons. The molecular formula is C21H11F3N2O5. The number of esters is 1. The van der Waals surface area contributed by atoms with Crippen molar-refractivity contribution in [3.8, 4) is 11.3 Å². The molecule has 0 amide bonds. The zero-order valence-electron chi connectivity index (χ0n) is 15.4. The van der Waals surface area contributed by atoms with E-state index in [0.29, 0.717) is 5.56 Å². The number of nitro groups is 1. The molecule has 0 saturated heterocycles. The number of hydrogen-bond donors (Lipinski definition) is 0. The molecule has 4 rings (SSSR count). The molecule has 7 nitrogen and oxygen atoms in total. The number of nitrogens with zero attached hydrogens (tertiary/aromatic N) is 2. The third-order valence-electron chi connectivity index (χ3n) is 4.33. The monoisotopic (exact) mass is 428 g/mol. The summed E-state index contributed by atoms with van der Waals surface area (Å²) in [4.78, 5) is 26.3. The smallest absolute Gasteiger partial charge is 0.416 e. The molecule has 1 aliphatic rings. The predicted molar refractivity (Wildman–Crippen MR) is 103 cm³/mol. The lowest BCUT2D eigenvalue weighted by Crippen LogP contribution is -2.05. The molecule has 0 N–H and O–H groups in total. The van der Waals surface area contributed by atoms with Gasteiger partial charge in [0.1, 0.15) is 11.5 Å². The molecule has 0 bridgehead atoms. The van der Waals surface area contributed by atoms with E-state index >= 15 is 0 Å². The van der Waals surface area contributed by atoms with Gasteiger partial charge in [0.15, 0.2) is 5.70 Å². The zero-order valence-corrected chi connectivity index (χ0v) is 15.4. The molecule has 10 heteroatoms. The second-order valence-corrected chi connectivity index (χ2v) is 6.42. The van der Waals surface area contributed by atoms with Crippen molar-refractivity contribution in [1.29, 1.82) is 0 Å². The topological polar surface area (TPSA) is 94.9 Å². The number of rotatable bonds is 4. The van der Waals surface area contributed by atoms with Crippen molar-refractivity contribution in [2.45, 2.75) is 6.18 Å². The molecule has 2 aromatic carbocycles. The van der Waals surface area contributed by atoms with Gasteiger partial charge in [0, 0.05) is 29.3 Å². The molecular weight excluding hydrogens is 417 g/mol. The maximum absolute atomic E-state index is 12.9. The van der Waals surface area contributed by atoms with Crippen molar-refractivity contribution in [2.75, 3.05) is 0 Å². The van der Waals surface area contributed by atoms with Gasteiger partial charge in [-0.05, 0) is 36.4 Å². The third-order valence-corrected chi connectivity index (χ3v) is 4.33. The van der Waals surface area contributed by atoms with Crippen LogP contribution >= 0.6 is 0 Å². The first-order chi connectivity index (χ1) is 14.7. The van der Waals surface area contributed by atoms with Crippen LogP contribution in [0.2, 0.25) is 0 Å². The Morgan fingerprint density at radius 1 is 1.00 bits per heavy atom. The van der Waals surface area contributed by atoms with Crippen molar-refractivity contribution < 1.29 is 32.0 Å². The van der Waals surface area contributed by atoms with Crippen LogP contribution in [0.4, 0.5) is 18.9 Å². The first-order valence-corrected chi connectivity index (χ1v) is 8.75. The minimum Gasteiger partial charge on any atom is -0.457 e. The molecule has 1 aliphatic heterocycles. The third kappa shape index (κ3) is 4.22. The Kier molecular flexibility index (Phi) is 4.90. The Labute approximate surface area is 172 Å². The van der Waals surface area contributed by atoms with Gasteiger partial charge in [0.05, 0.1) is 10.5 Å². The minimum atomic E-state index is -4.48. The molecule has 0 atom stereocenters. The van der Waals surface area contributed by atoms with Crippen molar-refractivity contribution in [3.05, 3.63) is 93.4 Å². The Hall–Kier alpha value is -4.21. The number of non-ortho nitro benzene ring substituents is 1. The average molecular weight is 428 g/mol. The van der Waals surface area contributed by atoms with Gasteiger partial charge in [-0.1, -0.05) is 12.1 Å². The number of alkyl halides is 3. The maximum atomic E-state index is 12.9. The van der Waals surface area contributed by atoms with E-state index in [9.17, 15) is 28.1 Å². The van der Waals surface area contributed by atoms with Crippen LogP contribution in [-0.2, 0) is 15.7 Å². The SMILES string of the molecule is O=C1OC(c2ccc([N+](=O)[O-])cc2)=N/C1=C\c1ccc(-c2cccc(C(F)(F)F)c2)o1. The van der Waals surface area contributed by atoms with Crippen LogP contribution in [0.25, 0.3) is 17.4 Å². The van der Waals surface area contributed by atoms with Crippen LogP contribution in [0.1, 0.15) is 16.9 Å². The summed E-state index contributed by atoms with van der Waals surface area (Å²) in [7, 11) is 0. The number of aliphatic imine (C=N–C) groups is 1. The van der Waals surface area contributed by atoms with Crippen LogP contribution in [0.3, 0.4) is 0 Å².